The third kappa shape index (κ3) is 4.17. The molecule has 1 aliphatic rings. The van der Waals surface area contributed by atoms with Gasteiger partial charge in [0.05, 0.1) is 6.42 Å². The maximum Gasteiger partial charge on any atom is 0.227 e. The van der Waals surface area contributed by atoms with Crippen LogP contribution < -0.4 is 9.47 Å². The third-order valence-electron chi connectivity index (χ3n) is 4.87. The van der Waals surface area contributed by atoms with Gasteiger partial charge in [-0.3, -0.25) is 4.79 Å². The number of rotatable bonds is 5. The Balaban J connectivity index is 1.38. The highest BCUT2D eigenvalue weighted by Crippen LogP contribution is 2.31. The number of hydrogen-bond donors (Lipinski definition) is 0. The lowest BCUT2D eigenvalue weighted by Gasteiger charge is -2.20. The van der Waals surface area contributed by atoms with Crippen LogP contribution in [0.25, 0.3) is 11.1 Å². The van der Waals surface area contributed by atoms with E-state index in [2.05, 4.69) is 36.4 Å². The molecule has 0 saturated carbocycles. The van der Waals surface area contributed by atoms with Gasteiger partial charge >= 0.3 is 0 Å². The molecule has 0 aliphatic carbocycles. The summed E-state index contributed by atoms with van der Waals surface area (Å²) in [5.41, 5.74) is 4.41. The summed E-state index contributed by atoms with van der Waals surface area (Å²) in [4.78, 5) is 14.4. The zero-order chi connectivity index (χ0) is 19.3. The maximum absolute atomic E-state index is 12.6. The Morgan fingerprint density at radius 3 is 2.21 bits per heavy atom. The lowest BCUT2D eigenvalue weighted by molar-refractivity contribution is -0.129. The van der Waals surface area contributed by atoms with Crippen LogP contribution in [0.2, 0.25) is 0 Å². The fourth-order valence-electron chi connectivity index (χ4n) is 3.30. The normalized spacial score (nSPS) is 12.5. The molecule has 1 aliphatic heterocycles. The summed E-state index contributed by atoms with van der Waals surface area (Å²) in [6.07, 6.45) is 0.342. The van der Waals surface area contributed by atoms with Gasteiger partial charge in [0.25, 0.3) is 0 Å². The first-order valence-corrected chi connectivity index (χ1v) is 9.46. The van der Waals surface area contributed by atoms with Crippen molar-refractivity contribution in [2.24, 2.45) is 0 Å². The molecule has 0 radical (unpaired) electrons. The van der Waals surface area contributed by atoms with Gasteiger partial charge in [0.15, 0.2) is 11.5 Å². The Kier molecular flexibility index (Phi) is 5.29. The molecule has 142 valence electrons. The van der Waals surface area contributed by atoms with E-state index in [4.69, 9.17) is 9.47 Å². The minimum Gasteiger partial charge on any atom is -0.486 e. The average molecular weight is 373 g/mol. The number of nitrogens with zero attached hydrogens (tertiary/aromatic N) is 1. The molecule has 1 heterocycles. The first-order chi connectivity index (χ1) is 13.7. The molecule has 0 N–H and O–H groups in total. The quantitative estimate of drug-likeness (QED) is 0.668. The van der Waals surface area contributed by atoms with Crippen LogP contribution in [0.4, 0.5) is 0 Å². The zero-order valence-electron chi connectivity index (χ0n) is 15.9. The van der Waals surface area contributed by atoms with E-state index in [9.17, 15) is 4.79 Å². The van der Waals surface area contributed by atoms with Gasteiger partial charge in [-0.2, -0.15) is 0 Å². The van der Waals surface area contributed by atoms with Crippen molar-refractivity contribution >= 4 is 5.91 Å². The highest BCUT2D eigenvalue weighted by molar-refractivity contribution is 5.78. The van der Waals surface area contributed by atoms with Crippen molar-refractivity contribution in [3.8, 4) is 22.6 Å². The number of carbonyl (C=O) groups excluding carboxylic acids is 1. The molecule has 0 saturated heterocycles. The summed E-state index contributed by atoms with van der Waals surface area (Å²) in [5, 5.41) is 0. The number of hydrogen-bond acceptors (Lipinski definition) is 3. The molecule has 28 heavy (non-hydrogen) atoms. The van der Waals surface area contributed by atoms with E-state index in [0.29, 0.717) is 26.2 Å². The molecule has 0 fully saturated rings. The molecule has 4 nitrogen and oxygen atoms in total. The average Bonchev–Trinajstić information content (AvgIpc) is 2.75. The number of benzene rings is 3. The van der Waals surface area contributed by atoms with Crippen LogP contribution in [-0.2, 0) is 17.8 Å². The van der Waals surface area contributed by atoms with E-state index in [1.54, 1.807) is 4.90 Å². The SMILES string of the molecule is CN(Cc1ccc(-c2ccccc2)cc1)C(=O)Cc1ccc2c(c1)OCCO2. The second-order valence-corrected chi connectivity index (χ2v) is 6.97. The zero-order valence-corrected chi connectivity index (χ0v) is 15.9. The predicted molar refractivity (Wildman–Crippen MR) is 109 cm³/mol. The number of ether oxygens (including phenoxy) is 2. The summed E-state index contributed by atoms with van der Waals surface area (Å²) >= 11 is 0. The first kappa shape index (κ1) is 18.1. The Morgan fingerprint density at radius 2 is 1.46 bits per heavy atom. The minimum atomic E-state index is 0.0730. The van der Waals surface area contributed by atoms with Crippen molar-refractivity contribution in [3.63, 3.8) is 0 Å². The summed E-state index contributed by atoms with van der Waals surface area (Å²) in [7, 11) is 1.84. The molecule has 3 aromatic rings. The van der Waals surface area contributed by atoms with Crippen molar-refractivity contribution in [2.45, 2.75) is 13.0 Å². The van der Waals surface area contributed by atoms with Crippen LogP contribution in [0.5, 0.6) is 11.5 Å². The van der Waals surface area contributed by atoms with E-state index in [-0.39, 0.29) is 5.91 Å². The topological polar surface area (TPSA) is 38.8 Å². The molecular weight excluding hydrogens is 350 g/mol. The largest absolute Gasteiger partial charge is 0.486 e. The molecule has 0 unspecified atom stereocenters. The second-order valence-electron chi connectivity index (χ2n) is 6.97. The molecule has 0 spiro atoms. The van der Waals surface area contributed by atoms with Crippen molar-refractivity contribution in [1.29, 1.82) is 0 Å². The van der Waals surface area contributed by atoms with Gasteiger partial charge in [-0.25, -0.2) is 0 Å². The second kappa shape index (κ2) is 8.17. The Hall–Kier alpha value is -3.27. The van der Waals surface area contributed by atoms with Crippen molar-refractivity contribution in [2.75, 3.05) is 20.3 Å². The maximum atomic E-state index is 12.6. The van der Waals surface area contributed by atoms with E-state index in [1.807, 2.05) is 43.4 Å². The van der Waals surface area contributed by atoms with Crippen LogP contribution in [0.3, 0.4) is 0 Å². The minimum absolute atomic E-state index is 0.0730. The fraction of sp³-hybridized carbons (Fsp3) is 0.208. The Bertz CT molecular complexity index is 951. The standard InChI is InChI=1S/C24H23NO3/c1-25(17-18-7-10-21(11-8-18)20-5-3-2-4-6-20)24(26)16-19-9-12-22-23(15-19)28-14-13-27-22/h2-12,15H,13-14,16-17H2,1H3. The van der Waals surface area contributed by atoms with Gasteiger partial charge in [0.2, 0.25) is 5.91 Å². The van der Waals surface area contributed by atoms with Crippen LogP contribution in [-0.4, -0.2) is 31.1 Å². The fourth-order valence-corrected chi connectivity index (χ4v) is 3.30. The van der Waals surface area contributed by atoms with Gasteiger partial charge in [0, 0.05) is 13.6 Å². The van der Waals surface area contributed by atoms with Crippen LogP contribution in [0.15, 0.2) is 72.8 Å². The smallest absolute Gasteiger partial charge is 0.227 e. The number of amides is 1. The Labute approximate surface area is 165 Å². The highest BCUT2D eigenvalue weighted by Gasteiger charge is 2.15. The molecule has 4 rings (SSSR count). The number of likely N-dealkylation sites (N-methyl/N-ethyl adjacent to an activating group) is 1. The van der Waals surface area contributed by atoms with Gasteiger partial charge in [-0.05, 0) is 34.4 Å². The summed E-state index contributed by atoms with van der Waals surface area (Å²) in [6.45, 7) is 1.69. The predicted octanol–water partition coefficient (Wildman–Crippen LogP) is 4.33. The molecule has 3 aromatic carbocycles. The summed E-state index contributed by atoms with van der Waals surface area (Å²) in [6, 6.07) is 24.3. The molecule has 0 atom stereocenters. The number of fused-ring (bicyclic) bond motifs is 1. The molecule has 1 amide bonds. The van der Waals surface area contributed by atoms with Crippen molar-refractivity contribution in [1.82, 2.24) is 4.90 Å². The lowest BCUT2D eigenvalue weighted by Crippen LogP contribution is -2.27. The third-order valence-corrected chi connectivity index (χ3v) is 4.87. The summed E-state index contributed by atoms with van der Waals surface area (Å²) < 4.78 is 11.1. The Morgan fingerprint density at radius 1 is 0.821 bits per heavy atom. The van der Waals surface area contributed by atoms with E-state index in [0.717, 1.165) is 22.6 Å². The summed E-state index contributed by atoms with van der Waals surface area (Å²) in [5.74, 6) is 1.54. The van der Waals surface area contributed by atoms with Crippen molar-refractivity contribution in [3.05, 3.63) is 83.9 Å². The first-order valence-electron chi connectivity index (χ1n) is 9.46. The van der Waals surface area contributed by atoms with Crippen LogP contribution in [0, 0.1) is 0 Å². The molecule has 0 aromatic heterocycles. The van der Waals surface area contributed by atoms with Crippen LogP contribution >= 0.6 is 0 Å². The van der Waals surface area contributed by atoms with Crippen LogP contribution in [0.1, 0.15) is 11.1 Å². The molecular formula is C24H23NO3. The monoisotopic (exact) mass is 373 g/mol. The molecule has 4 heteroatoms. The number of carbonyl (C=O) groups is 1. The molecule has 0 bridgehead atoms. The van der Waals surface area contributed by atoms with Gasteiger partial charge < -0.3 is 14.4 Å². The van der Waals surface area contributed by atoms with Gasteiger partial charge in [-0.15, -0.1) is 0 Å². The van der Waals surface area contributed by atoms with Crippen molar-refractivity contribution < 1.29 is 14.3 Å². The van der Waals surface area contributed by atoms with E-state index >= 15 is 0 Å². The lowest BCUT2D eigenvalue weighted by atomic mass is 10.0. The van der Waals surface area contributed by atoms with E-state index in [1.165, 1.54) is 11.1 Å². The van der Waals surface area contributed by atoms with Gasteiger partial charge in [0.1, 0.15) is 13.2 Å². The van der Waals surface area contributed by atoms with E-state index < -0.39 is 0 Å². The highest BCUT2D eigenvalue weighted by atomic mass is 16.6. The van der Waals surface area contributed by atoms with Gasteiger partial charge in [-0.1, -0.05) is 60.7 Å².